The van der Waals surface area contributed by atoms with Crippen LogP contribution in [0.4, 0.5) is 10.1 Å². The van der Waals surface area contributed by atoms with Crippen LogP contribution in [0.15, 0.2) is 102 Å². The first-order chi connectivity index (χ1) is 17.8. The Hall–Kier alpha value is -3.37. The molecule has 0 radical (unpaired) electrons. The first kappa shape index (κ1) is 26.7. The number of nitrogens with zero attached hydrogens (tertiary/aromatic N) is 2. The number of thiocarbonyl (C=S) groups is 1. The molecule has 0 unspecified atom stereocenters. The van der Waals surface area contributed by atoms with E-state index in [0.717, 1.165) is 5.56 Å². The standard InChI is InChI=1S/C27H24ClFN4O2S2/c28-26-4-2-1-3-22(26)19-33(18-21-5-7-23(29)8-6-21)37(34,35)25-11-9-24(10-12-25)32-27(36)31-17-20-13-15-30-16-14-20/h1-16H,17-19H2,(H2,31,32,36). The highest BCUT2D eigenvalue weighted by molar-refractivity contribution is 7.89. The molecule has 2 N–H and O–H groups in total. The summed E-state index contributed by atoms with van der Waals surface area (Å²) >= 11 is 11.7. The zero-order chi connectivity index (χ0) is 26.3. The van der Waals surface area contributed by atoms with E-state index in [9.17, 15) is 12.8 Å². The summed E-state index contributed by atoms with van der Waals surface area (Å²) in [5.74, 6) is -0.388. The normalized spacial score (nSPS) is 11.3. The summed E-state index contributed by atoms with van der Waals surface area (Å²) in [6, 6.07) is 22.9. The largest absolute Gasteiger partial charge is 0.358 e. The minimum Gasteiger partial charge on any atom is -0.358 e. The van der Waals surface area contributed by atoms with Gasteiger partial charge in [-0.05, 0) is 83.5 Å². The molecular formula is C27H24ClFN4O2S2. The lowest BCUT2D eigenvalue weighted by atomic mass is 10.2. The fourth-order valence-corrected chi connectivity index (χ4v) is 5.35. The molecule has 0 fully saturated rings. The molecule has 37 heavy (non-hydrogen) atoms. The van der Waals surface area contributed by atoms with Gasteiger partial charge in [0.1, 0.15) is 5.82 Å². The molecule has 0 aliphatic rings. The highest BCUT2D eigenvalue weighted by Gasteiger charge is 2.26. The molecule has 10 heteroatoms. The number of hydrogen-bond donors (Lipinski definition) is 2. The number of anilines is 1. The van der Waals surface area contributed by atoms with Gasteiger partial charge in [-0.15, -0.1) is 0 Å². The molecule has 190 valence electrons. The average molecular weight is 555 g/mol. The van der Waals surface area contributed by atoms with Crippen LogP contribution < -0.4 is 10.6 Å². The number of aromatic nitrogens is 1. The molecule has 1 heterocycles. The summed E-state index contributed by atoms with van der Waals surface area (Å²) in [7, 11) is -3.92. The Morgan fingerprint density at radius 1 is 0.892 bits per heavy atom. The molecule has 0 atom stereocenters. The van der Waals surface area contributed by atoms with E-state index in [4.69, 9.17) is 23.8 Å². The first-order valence-electron chi connectivity index (χ1n) is 11.3. The Morgan fingerprint density at radius 2 is 1.57 bits per heavy atom. The number of pyridine rings is 1. The molecule has 0 amide bonds. The summed E-state index contributed by atoms with van der Waals surface area (Å²) in [6.45, 7) is 0.639. The van der Waals surface area contributed by atoms with Crippen LogP contribution in [0.2, 0.25) is 5.02 Å². The van der Waals surface area contributed by atoms with Crippen LogP contribution in [-0.2, 0) is 29.7 Å². The summed E-state index contributed by atoms with van der Waals surface area (Å²) in [5.41, 5.74) is 2.99. The highest BCUT2D eigenvalue weighted by atomic mass is 35.5. The summed E-state index contributed by atoms with van der Waals surface area (Å²) in [5, 5.41) is 7.03. The molecule has 3 aromatic carbocycles. The average Bonchev–Trinajstić information content (AvgIpc) is 2.90. The topological polar surface area (TPSA) is 74.3 Å². The number of sulfonamides is 1. The van der Waals surface area contributed by atoms with Crippen molar-refractivity contribution in [2.75, 3.05) is 5.32 Å². The van der Waals surface area contributed by atoms with Gasteiger partial charge in [0.05, 0.1) is 4.90 Å². The number of benzene rings is 3. The fourth-order valence-electron chi connectivity index (χ4n) is 3.55. The highest BCUT2D eigenvalue weighted by Crippen LogP contribution is 2.25. The zero-order valence-corrected chi connectivity index (χ0v) is 22.0. The second-order valence-electron chi connectivity index (χ2n) is 8.18. The third kappa shape index (κ3) is 7.33. The molecule has 6 nitrogen and oxygen atoms in total. The Labute approximate surface area is 226 Å². The van der Waals surface area contributed by atoms with Gasteiger partial charge in [0.15, 0.2) is 5.11 Å². The Bertz CT molecular complexity index is 1450. The Kier molecular flexibility index (Phi) is 8.83. The van der Waals surface area contributed by atoms with E-state index in [1.165, 1.54) is 28.6 Å². The van der Waals surface area contributed by atoms with Crippen LogP contribution >= 0.6 is 23.8 Å². The van der Waals surface area contributed by atoms with E-state index in [1.807, 2.05) is 12.1 Å². The van der Waals surface area contributed by atoms with Crippen molar-refractivity contribution in [3.63, 3.8) is 0 Å². The van der Waals surface area contributed by atoms with Crippen LogP contribution in [-0.4, -0.2) is 22.8 Å². The van der Waals surface area contributed by atoms with Gasteiger partial charge in [-0.3, -0.25) is 4.98 Å². The van der Waals surface area contributed by atoms with Gasteiger partial charge in [0.2, 0.25) is 10.0 Å². The van der Waals surface area contributed by atoms with Gasteiger partial charge in [0, 0.05) is 42.7 Å². The van der Waals surface area contributed by atoms with Crippen molar-refractivity contribution in [2.24, 2.45) is 0 Å². The van der Waals surface area contributed by atoms with Crippen molar-refractivity contribution < 1.29 is 12.8 Å². The minimum absolute atomic E-state index is 0.0524. The van der Waals surface area contributed by atoms with Crippen molar-refractivity contribution in [3.05, 3.63) is 125 Å². The molecule has 4 rings (SSSR count). The molecule has 0 saturated carbocycles. The van der Waals surface area contributed by atoms with E-state index in [-0.39, 0.29) is 23.8 Å². The third-order valence-corrected chi connectivity index (χ3v) is 7.95. The predicted molar refractivity (Wildman–Crippen MR) is 148 cm³/mol. The van der Waals surface area contributed by atoms with Crippen molar-refractivity contribution >= 4 is 44.6 Å². The SMILES string of the molecule is O=S(=O)(c1ccc(NC(=S)NCc2ccncc2)cc1)N(Cc1ccc(F)cc1)Cc1ccccc1Cl. The van der Waals surface area contributed by atoms with E-state index >= 15 is 0 Å². The Morgan fingerprint density at radius 3 is 2.24 bits per heavy atom. The smallest absolute Gasteiger partial charge is 0.243 e. The van der Waals surface area contributed by atoms with Crippen LogP contribution in [0.3, 0.4) is 0 Å². The monoisotopic (exact) mass is 554 g/mol. The van der Waals surface area contributed by atoms with E-state index in [2.05, 4.69) is 15.6 Å². The molecular weight excluding hydrogens is 531 g/mol. The second-order valence-corrected chi connectivity index (χ2v) is 10.9. The van der Waals surface area contributed by atoms with E-state index in [1.54, 1.807) is 60.9 Å². The molecule has 4 aromatic rings. The molecule has 0 bridgehead atoms. The lowest BCUT2D eigenvalue weighted by molar-refractivity contribution is 0.401. The molecule has 0 aliphatic heterocycles. The Balaban J connectivity index is 1.50. The second kappa shape index (κ2) is 12.2. The third-order valence-electron chi connectivity index (χ3n) is 5.53. The van der Waals surface area contributed by atoms with Crippen LogP contribution in [0.25, 0.3) is 0 Å². The maximum atomic E-state index is 13.7. The van der Waals surface area contributed by atoms with E-state index in [0.29, 0.717) is 33.5 Å². The number of halogens is 2. The quantitative estimate of drug-likeness (QED) is 0.257. The van der Waals surface area contributed by atoms with Crippen LogP contribution in [0.1, 0.15) is 16.7 Å². The lowest BCUT2D eigenvalue weighted by Crippen LogP contribution is -2.30. The van der Waals surface area contributed by atoms with Crippen LogP contribution in [0.5, 0.6) is 0 Å². The fraction of sp³-hybridized carbons (Fsp3) is 0.111. The van der Waals surface area contributed by atoms with Crippen molar-refractivity contribution in [2.45, 2.75) is 24.5 Å². The van der Waals surface area contributed by atoms with Crippen molar-refractivity contribution in [1.29, 1.82) is 0 Å². The number of hydrogen-bond acceptors (Lipinski definition) is 4. The predicted octanol–water partition coefficient (Wildman–Crippen LogP) is 5.75. The zero-order valence-electron chi connectivity index (χ0n) is 19.6. The summed E-state index contributed by atoms with van der Waals surface area (Å²) in [4.78, 5) is 4.10. The molecule has 1 aromatic heterocycles. The molecule has 0 saturated heterocycles. The lowest BCUT2D eigenvalue weighted by Gasteiger charge is -2.23. The van der Waals surface area contributed by atoms with Gasteiger partial charge < -0.3 is 10.6 Å². The number of rotatable bonds is 9. The van der Waals surface area contributed by atoms with Gasteiger partial charge in [-0.25, -0.2) is 12.8 Å². The maximum absolute atomic E-state index is 13.7. The minimum atomic E-state index is -3.92. The first-order valence-corrected chi connectivity index (χ1v) is 13.6. The van der Waals surface area contributed by atoms with Gasteiger partial charge in [0.25, 0.3) is 0 Å². The molecule has 0 spiro atoms. The van der Waals surface area contributed by atoms with E-state index < -0.39 is 10.0 Å². The van der Waals surface area contributed by atoms with Gasteiger partial charge in [-0.2, -0.15) is 4.31 Å². The number of nitrogens with one attached hydrogen (secondary N) is 2. The summed E-state index contributed by atoms with van der Waals surface area (Å²) < 4.78 is 42.1. The summed E-state index contributed by atoms with van der Waals surface area (Å²) in [6.07, 6.45) is 3.41. The van der Waals surface area contributed by atoms with Gasteiger partial charge in [-0.1, -0.05) is 41.9 Å². The van der Waals surface area contributed by atoms with Crippen molar-refractivity contribution in [3.8, 4) is 0 Å². The van der Waals surface area contributed by atoms with Crippen molar-refractivity contribution in [1.82, 2.24) is 14.6 Å². The van der Waals surface area contributed by atoms with Gasteiger partial charge >= 0.3 is 0 Å². The maximum Gasteiger partial charge on any atom is 0.243 e. The van der Waals surface area contributed by atoms with Crippen LogP contribution in [0, 0.1) is 5.82 Å². The molecule has 0 aliphatic carbocycles.